The van der Waals surface area contributed by atoms with Crippen molar-refractivity contribution in [1.29, 1.82) is 0 Å². The molecule has 2 aromatic rings. The van der Waals surface area contributed by atoms with Crippen molar-refractivity contribution in [3.63, 3.8) is 0 Å². The number of halogens is 1. The molecule has 2 N–H and O–H groups in total. The number of nitrogens with one attached hydrogen (secondary N) is 2. The van der Waals surface area contributed by atoms with E-state index < -0.39 is 5.91 Å². The summed E-state index contributed by atoms with van der Waals surface area (Å²) in [5.41, 5.74) is 0.565. The quantitative estimate of drug-likeness (QED) is 0.906. The number of furan rings is 1. The largest absolute Gasteiger partial charge is 0.435 e. The second kappa shape index (κ2) is 5.58. The number of benzene rings is 1. The Morgan fingerprint density at radius 1 is 1.16 bits per heavy atom. The molecule has 0 aliphatic carbocycles. The molecule has 0 atom stereocenters. The molecule has 1 aromatic carbocycles. The standard InChI is InChI=1S/C13H11ClN2O3/c1-8(17)15-12-6-5-11(19-12)13(18)16-10-4-2-3-9(14)7-10/h2-7H,1H3,(H,15,17)(H,16,18). The zero-order chi connectivity index (χ0) is 13.8. The molecule has 2 amide bonds. The Balaban J connectivity index is 2.07. The van der Waals surface area contributed by atoms with E-state index in [1.807, 2.05) is 0 Å². The Labute approximate surface area is 114 Å². The molecule has 0 saturated carbocycles. The van der Waals surface area contributed by atoms with Gasteiger partial charge in [0.25, 0.3) is 5.91 Å². The molecule has 6 heteroatoms. The van der Waals surface area contributed by atoms with Crippen molar-refractivity contribution in [3.05, 3.63) is 47.2 Å². The van der Waals surface area contributed by atoms with Crippen LogP contribution in [0.25, 0.3) is 0 Å². The average Bonchev–Trinajstić information content (AvgIpc) is 2.76. The van der Waals surface area contributed by atoms with Gasteiger partial charge in [0.2, 0.25) is 5.91 Å². The highest BCUT2D eigenvalue weighted by atomic mass is 35.5. The van der Waals surface area contributed by atoms with Crippen LogP contribution in [-0.4, -0.2) is 11.8 Å². The van der Waals surface area contributed by atoms with Gasteiger partial charge >= 0.3 is 0 Å². The topological polar surface area (TPSA) is 71.3 Å². The number of carbonyl (C=O) groups is 2. The van der Waals surface area contributed by atoms with Gasteiger partial charge in [-0.25, -0.2) is 0 Å². The van der Waals surface area contributed by atoms with E-state index >= 15 is 0 Å². The van der Waals surface area contributed by atoms with Crippen LogP contribution in [-0.2, 0) is 4.79 Å². The lowest BCUT2D eigenvalue weighted by Crippen LogP contribution is -2.11. The van der Waals surface area contributed by atoms with Crippen LogP contribution in [0.5, 0.6) is 0 Å². The summed E-state index contributed by atoms with van der Waals surface area (Å²) in [4.78, 5) is 22.7. The first-order valence-corrected chi connectivity index (χ1v) is 5.87. The molecule has 0 fully saturated rings. The van der Waals surface area contributed by atoms with Crippen LogP contribution in [0.3, 0.4) is 0 Å². The van der Waals surface area contributed by atoms with Crippen LogP contribution >= 0.6 is 11.6 Å². The maximum atomic E-state index is 11.9. The van der Waals surface area contributed by atoms with E-state index in [9.17, 15) is 9.59 Å². The zero-order valence-corrected chi connectivity index (χ0v) is 10.8. The molecule has 1 heterocycles. The smallest absolute Gasteiger partial charge is 0.291 e. The molecule has 0 saturated heterocycles. The van der Waals surface area contributed by atoms with Gasteiger partial charge in [-0.05, 0) is 24.3 Å². The number of amides is 2. The first-order valence-electron chi connectivity index (χ1n) is 5.49. The highest BCUT2D eigenvalue weighted by molar-refractivity contribution is 6.30. The summed E-state index contributed by atoms with van der Waals surface area (Å²) in [7, 11) is 0. The molecule has 0 bridgehead atoms. The van der Waals surface area contributed by atoms with E-state index in [4.69, 9.17) is 16.0 Å². The van der Waals surface area contributed by atoms with E-state index in [2.05, 4.69) is 10.6 Å². The fourth-order valence-electron chi connectivity index (χ4n) is 1.46. The SMILES string of the molecule is CC(=O)Nc1ccc(C(=O)Nc2cccc(Cl)c2)o1. The molecule has 0 spiro atoms. The summed E-state index contributed by atoms with van der Waals surface area (Å²) >= 11 is 5.81. The minimum absolute atomic E-state index is 0.101. The molecule has 0 unspecified atom stereocenters. The van der Waals surface area contributed by atoms with E-state index in [0.717, 1.165) is 0 Å². The number of anilines is 2. The maximum absolute atomic E-state index is 11.9. The molecule has 0 radical (unpaired) electrons. The van der Waals surface area contributed by atoms with Crippen molar-refractivity contribution in [3.8, 4) is 0 Å². The Kier molecular flexibility index (Phi) is 3.87. The van der Waals surface area contributed by atoms with Crippen LogP contribution in [0.1, 0.15) is 17.5 Å². The van der Waals surface area contributed by atoms with Gasteiger partial charge in [-0.3, -0.25) is 14.9 Å². The lowest BCUT2D eigenvalue weighted by molar-refractivity contribution is -0.114. The number of carbonyl (C=O) groups excluding carboxylic acids is 2. The second-order valence-electron chi connectivity index (χ2n) is 3.81. The first-order chi connectivity index (χ1) is 9.04. The Morgan fingerprint density at radius 3 is 2.63 bits per heavy atom. The maximum Gasteiger partial charge on any atom is 0.291 e. The Morgan fingerprint density at radius 2 is 1.95 bits per heavy atom. The van der Waals surface area contributed by atoms with E-state index in [1.54, 1.807) is 24.3 Å². The van der Waals surface area contributed by atoms with Crippen molar-refractivity contribution < 1.29 is 14.0 Å². The third-order valence-electron chi connectivity index (χ3n) is 2.21. The van der Waals surface area contributed by atoms with Gasteiger partial charge in [0.15, 0.2) is 11.6 Å². The third kappa shape index (κ3) is 3.59. The van der Waals surface area contributed by atoms with E-state index in [0.29, 0.717) is 10.7 Å². The van der Waals surface area contributed by atoms with Gasteiger partial charge < -0.3 is 9.73 Å². The normalized spacial score (nSPS) is 10.0. The van der Waals surface area contributed by atoms with Crippen LogP contribution in [0.15, 0.2) is 40.8 Å². The van der Waals surface area contributed by atoms with Crippen molar-refractivity contribution in [2.75, 3.05) is 10.6 Å². The Bertz CT molecular complexity index is 622. The van der Waals surface area contributed by atoms with Crippen LogP contribution in [0.4, 0.5) is 11.6 Å². The summed E-state index contributed by atoms with van der Waals surface area (Å²) in [6.45, 7) is 1.36. The predicted molar refractivity (Wildman–Crippen MR) is 72.4 cm³/mol. The predicted octanol–water partition coefficient (Wildman–Crippen LogP) is 3.14. The number of hydrogen-bond acceptors (Lipinski definition) is 3. The molecule has 19 heavy (non-hydrogen) atoms. The van der Waals surface area contributed by atoms with E-state index in [-0.39, 0.29) is 17.6 Å². The van der Waals surface area contributed by atoms with Gasteiger partial charge in [0, 0.05) is 23.7 Å². The molecular formula is C13H11ClN2O3. The molecule has 5 nitrogen and oxygen atoms in total. The van der Waals surface area contributed by atoms with Crippen molar-refractivity contribution in [2.45, 2.75) is 6.92 Å². The lowest BCUT2D eigenvalue weighted by atomic mass is 10.3. The second-order valence-corrected chi connectivity index (χ2v) is 4.25. The summed E-state index contributed by atoms with van der Waals surface area (Å²) in [6.07, 6.45) is 0. The fraction of sp³-hybridized carbons (Fsp3) is 0.0769. The minimum atomic E-state index is -0.418. The molecule has 0 aliphatic heterocycles. The van der Waals surface area contributed by atoms with Crippen LogP contribution < -0.4 is 10.6 Å². The van der Waals surface area contributed by atoms with Crippen molar-refractivity contribution in [2.24, 2.45) is 0 Å². The fourth-order valence-corrected chi connectivity index (χ4v) is 1.65. The highest BCUT2D eigenvalue weighted by Crippen LogP contribution is 2.18. The molecule has 0 aliphatic rings. The number of rotatable bonds is 3. The summed E-state index contributed by atoms with van der Waals surface area (Å²) in [5.74, 6) is -0.359. The third-order valence-corrected chi connectivity index (χ3v) is 2.45. The van der Waals surface area contributed by atoms with Crippen molar-refractivity contribution in [1.82, 2.24) is 0 Å². The minimum Gasteiger partial charge on any atom is -0.435 e. The number of hydrogen-bond donors (Lipinski definition) is 2. The van der Waals surface area contributed by atoms with Crippen molar-refractivity contribution >= 4 is 35.0 Å². The van der Waals surface area contributed by atoms with E-state index in [1.165, 1.54) is 19.1 Å². The van der Waals surface area contributed by atoms with Gasteiger partial charge in [0.05, 0.1) is 0 Å². The summed E-state index contributed by atoms with van der Waals surface area (Å²) in [6, 6.07) is 9.75. The molecule has 1 aromatic heterocycles. The van der Waals surface area contributed by atoms with Crippen LogP contribution in [0, 0.1) is 0 Å². The summed E-state index contributed by atoms with van der Waals surface area (Å²) in [5, 5.41) is 5.61. The van der Waals surface area contributed by atoms with Crippen LogP contribution in [0.2, 0.25) is 5.02 Å². The monoisotopic (exact) mass is 278 g/mol. The van der Waals surface area contributed by atoms with Gasteiger partial charge in [0.1, 0.15) is 0 Å². The summed E-state index contributed by atoms with van der Waals surface area (Å²) < 4.78 is 5.18. The van der Waals surface area contributed by atoms with Gasteiger partial charge in [-0.15, -0.1) is 0 Å². The molecule has 2 rings (SSSR count). The van der Waals surface area contributed by atoms with Gasteiger partial charge in [-0.2, -0.15) is 0 Å². The Hall–Kier alpha value is -2.27. The average molecular weight is 279 g/mol. The lowest BCUT2D eigenvalue weighted by Gasteiger charge is -2.03. The highest BCUT2D eigenvalue weighted by Gasteiger charge is 2.12. The zero-order valence-electron chi connectivity index (χ0n) is 10.1. The molecular weight excluding hydrogens is 268 g/mol. The molecule has 98 valence electrons. The first kappa shape index (κ1) is 13.2. The van der Waals surface area contributed by atoms with Gasteiger partial charge in [-0.1, -0.05) is 17.7 Å².